The Morgan fingerprint density at radius 2 is 1.53 bits per heavy atom. The molecule has 4 amide bonds. The molecule has 5 rings (SSSR count). The molecular weight excluding hydrogens is 410 g/mol. The molecule has 1 aliphatic carbocycles. The number of urea groups is 1. The maximum Gasteiger partial charge on any atom is 0.344 e. The van der Waals surface area contributed by atoms with Gasteiger partial charge in [-0.15, -0.1) is 10.2 Å². The first kappa shape index (κ1) is 19.9. The zero-order valence-corrected chi connectivity index (χ0v) is 17.2. The summed E-state index contributed by atoms with van der Waals surface area (Å²) in [5.41, 5.74) is 3.30. The second-order valence-corrected chi connectivity index (χ2v) is 8.01. The van der Waals surface area contributed by atoms with Crippen LogP contribution in [0.4, 0.5) is 4.79 Å². The summed E-state index contributed by atoms with van der Waals surface area (Å²) in [6, 6.07) is 15.3. The van der Waals surface area contributed by atoms with Gasteiger partial charge in [-0.3, -0.25) is 15.0 Å². The number of hydrogen-bond donors (Lipinski definition) is 2. The minimum atomic E-state index is -0.888. The van der Waals surface area contributed by atoms with Crippen molar-refractivity contribution in [3.05, 3.63) is 60.2 Å². The number of carbonyl (C=O) groups excluding carboxylic acids is 3. The minimum Gasteiger partial charge on any atom is -0.416 e. The van der Waals surface area contributed by atoms with Crippen LogP contribution >= 0.6 is 0 Å². The van der Waals surface area contributed by atoms with Crippen LogP contribution in [0.1, 0.15) is 42.5 Å². The van der Waals surface area contributed by atoms with E-state index in [1.165, 1.54) is 0 Å². The monoisotopic (exact) mass is 431 g/mol. The van der Waals surface area contributed by atoms with E-state index in [1.54, 1.807) is 24.3 Å². The van der Waals surface area contributed by atoms with Crippen molar-refractivity contribution in [3.8, 4) is 22.9 Å². The minimum absolute atomic E-state index is 0.293. The van der Waals surface area contributed by atoms with Crippen molar-refractivity contribution in [2.45, 2.75) is 37.6 Å². The molecule has 0 radical (unpaired) electrons. The van der Waals surface area contributed by atoms with Gasteiger partial charge in [0.1, 0.15) is 5.54 Å². The lowest BCUT2D eigenvalue weighted by molar-refractivity contribution is -0.134. The third-order valence-corrected chi connectivity index (χ3v) is 5.92. The average molecular weight is 431 g/mol. The van der Waals surface area contributed by atoms with Crippen LogP contribution in [0.5, 0.6) is 0 Å². The molecule has 1 saturated heterocycles. The molecule has 1 aliphatic heterocycles. The second-order valence-electron chi connectivity index (χ2n) is 8.01. The number of hydrogen-bond acceptors (Lipinski definition) is 6. The number of imide groups is 1. The van der Waals surface area contributed by atoms with Gasteiger partial charge in [-0.1, -0.05) is 37.5 Å². The predicted octanol–water partition coefficient (Wildman–Crippen LogP) is 3.30. The SMILES string of the molecule is O=C(NN1C(=O)NC2(CCCCC2)C1=O)c1ccc(-c2nnc(-c3ccccc3)o2)cc1. The van der Waals surface area contributed by atoms with Crippen molar-refractivity contribution in [2.24, 2.45) is 0 Å². The Kier molecular flexibility index (Phi) is 4.93. The maximum atomic E-state index is 12.8. The molecule has 1 spiro atoms. The van der Waals surface area contributed by atoms with Gasteiger partial charge in [0, 0.05) is 16.7 Å². The highest BCUT2D eigenvalue weighted by Gasteiger charge is 2.52. The number of benzene rings is 2. The van der Waals surface area contributed by atoms with Crippen LogP contribution in [0.15, 0.2) is 59.0 Å². The first-order valence-corrected chi connectivity index (χ1v) is 10.5. The van der Waals surface area contributed by atoms with Crippen LogP contribution in [0.25, 0.3) is 22.9 Å². The van der Waals surface area contributed by atoms with Crippen molar-refractivity contribution in [1.82, 2.24) is 25.9 Å². The fraction of sp³-hybridized carbons (Fsp3) is 0.261. The standard InChI is InChI=1S/C23H21N5O4/c29-18(27-28-21(30)23(24-22(28)31)13-5-2-6-14-23)15-9-11-17(12-10-15)20-26-25-19(32-20)16-7-3-1-4-8-16/h1,3-4,7-12H,2,5-6,13-14H2,(H,24,31)(H,27,29). The van der Waals surface area contributed by atoms with Gasteiger partial charge in [0.25, 0.3) is 11.8 Å². The Labute approximate surface area is 183 Å². The van der Waals surface area contributed by atoms with Gasteiger partial charge in [-0.25, -0.2) is 4.79 Å². The molecule has 162 valence electrons. The molecule has 1 aromatic heterocycles. The molecule has 2 heterocycles. The van der Waals surface area contributed by atoms with E-state index in [4.69, 9.17) is 4.42 Å². The van der Waals surface area contributed by atoms with E-state index >= 15 is 0 Å². The number of nitrogens with zero attached hydrogens (tertiary/aromatic N) is 3. The Morgan fingerprint density at radius 3 is 2.19 bits per heavy atom. The van der Waals surface area contributed by atoms with Gasteiger partial charge >= 0.3 is 6.03 Å². The lowest BCUT2D eigenvalue weighted by atomic mass is 9.82. The van der Waals surface area contributed by atoms with Crippen molar-refractivity contribution in [3.63, 3.8) is 0 Å². The number of amides is 4. The topological polar surface area (TPSA) is 117 Å². The summed E-state index contributed by atoms with van der Waals surface area (Å²) in [4.78, 5) is 37.8. The van der Waals surface area contributed by atoms with Crippen LogP contribution in [-0.2, 0) is 4.79 Å². The van der Waals surface area contributed by atoms with E-state index in [-0.39, 0.29) is 0 Å². The second kappa shape index (κ2) is 7.92. The summed E-state index contributed by atoms with van der Waals surface area (Å²) >= 11 is 0. The van der Waals surface area contributed by atoms with Gasteiger partial charge < -0.3 is 9.73 Å². The van der Waals surface area contributed by atoms with Crippen LogP contribution in [-0.4, -0.2) is 38.6 Å². The van der Waals surface area contributed by atoms with Crippen molar-refractivity contribution in [2.75, 3.05) is 0 Å². The molecule has 2 aliphatic rings. The van der Waals surface area contributed by atoms with Gasteiger partial charge in [0.05, 0.1) is 0 Å². The number of rotatable bonds is 4. The molecule has 0 atom stereocenters. The van der Waals surface area contributed by atoms with Gasteiger partial charge in [0.2, 0.25) is 11.8 Å². The molecule has 3 aromatic rings. The van der Waals surface area contributed by atoms with Crippen molar-refractivity contribution in [1.29, 1.82) is 0 Å². The summed E-state index contributed by atoms with van der Waals surface area (Å²) in [7, 11) is 0. The molecule has 2 fully saturated rings. The fourth-order valence-electron chi connectivity index (χ4n) is 4.18. The first-order chi connectivity index (χ1) is 15.6. The maximum absolute atomic E-state index is 12.8. The fourth-order valence-corrected chi connectivity index (χ4v) is 4.18. The molecule has 0 unspecified atom stereocenters. The lowest BCUT2D eigenvalue weighted by Crippen LogP contribution is -2.50. The van der Waals surface area contributed by atoms with Gasteiger partial charge in [-0.2, -0.15) is 5.01 Å². The third-order valence-electron chi connectivity index (χ3n) is 5.92. The molecule has 9 heteroatoms. The zero-order valence-electron chi connectivity index (χ0n) is 17.2. The van der Waals surface area contributed by atoms with Crippen LogP contribution < -0.4 is 10.7 Å². The zero-order chi connectivity index (χ0) is 22.1. The van der Waals surface area contributed by atoms with Crippen molar-refractivity contribution < 1.29 is 18.8 Å². The summed E-state index contributed by atoms with van der Waals surface area (Å²) in [6.07, 6.45) is 3.96. The highest BCUT2D eigenvalue weighted by molar-refractivity contribution is 6.09. The lowest BCUT2D eigenvalue weighted by Gasteiger charge is -2.30. The molecular formula is C23H21N5O4. The van der Waals surface area contributed by atoms with Crippen LogP contribution in [0.2, 0.25) is 0 Å². The van der Waals surface area contributed by atoms with Crippen LogP contribution in [0, 0.1) is 0 Å². The summed E-state index contributed by atoms with van der Waals surface area (Å²) in [6.45, 7) is 0. The molecule has 2 aromatic carbocycles. The molecule has 1 saturated carbocycles. The number of aromatic nitrogens is 2. The highest BCUT2D eigenvalue weighted by Crippen LogP contribution is 2.33. The Morgan fingerprint density at radius 1 is 0.906 bits per heavy atom. The summed E-state index contributed by atoms with van der Waals surface area (Å²) in [5, 5.41) is 11.7. The quantitative estimate of drug-likeness (QED) is 0.612. The largest absolute Gasteiger partial charge is 0.416 e. The summed E-state index contributed by atoms with van der Waals surface area (Å²) < 4.78 is 5.73. The Balaban J connectivity index is 1.28. The smallest absolute Gasteiger partial charge is 0.344 e. The van der Waals surface area contributed by atoms with Crippen LogP contribution in [0.3, 0.4) is 0 Å². The molecule has 32 heavy (non-hydrogen) atoms. The van der Waals surface area contributed by atoms with E-state index in [0.29, 0.717) is 35.7 Å². The van der Waals surface area contributed by atoms with E-state index in [1.807, 2.05) is 30.3 Å². The first-order valence-electron chi connectivity index (χ1n) is 10.5. The Bertz CT molecular complexity index is 1170. The molecule has 2 N–H and O–H groups in total. The van der Waals surface area contributed by atoms with Gasteiger partial charge in [-0.05, 0) is 49.2 Å². The molecule has 9 nitrogen and oxygen atoms in total. The van der Waals surface area contributed by atoms with Crippen molar-refractivity contribution >= 4 is 17.8 Å². The average Bonchev–Trinajstić information content (AvgIpc) is 3.40. The normalized spacial score (nSPS) is 17.4. The number of hydrazine groups is 1. The number of carbonyl (C=O) groups is 3. The van der Waals surface area contributed by atoms with E-state index in [2.05, 4.69) is 20.9 Å². The summed E-state index contributed by atoms with van der Waals surface area (Å²) in [5.74, 6) is -0.225. The highest BCUT2D eigenvalue weighted by atomic mass is 16.4. The Hall–Kier alpha value is -4.01. The molecule has 0 bridgehead atoms. The van der Waals surface area contributed by atoms with E-state index in [9.17, 15) is 14.4 Å². The van der Waals surface area contributed by atoms with Gasteiger partial charge in [0.15, 0.2) is 0 Å². The van der Waals surface area contributed by atoms with E-state index < -0.39 is 23.4 Å². The van der Waals surface area contributed by atoms with E-state index in [0.717, 1.165) is 29.8 Å². The predicted molar refractivity (Wildman–Crippen MR) is 114 cm³/mol. The third kappa shape index (κ3) is 3.51. The number of nitrogens with one attached hydrogen (secondary N) is 2.